The number of hydrazine groups is 1. The average Bonchev–Trinajstić information content (AvgIpc) is 2.52. The van der Waals surface area contributed by atoms with E-state index in [1.807, 2.05) is 19.1 Å². The van der Waals surface area contributed by atoms with Crippen molar-refractivity contribution in [3.8, 4) is 5.75 Å². The molecule has 0 fully saturated rings. The molecule has 0 radical (unpaired) electrons. The topological polar surface area (TPSA) is 67.4 Å². The third-order valence-electron chi connectivity index (χ3n) is 3.03. The van der Waals surface area contributed by atoms with E-state index < -0.39 is 0 Å². The standard InChI is InChI=1S/C16H16N2O3/c1-11-5-3-4-6-14(11)16(20)18-17-15(19)12-7-9-13(21-2)10-8-12/h3-10H,1-2H3,(H,17,19)(H,18,20). The lowest BCUT2D eigenvalue weighted by Crippen LogP contribution is -2.41. The Morgan fingerprint density at radius 3 is 2.14 bits per heavy atom. The lowest BCUT2D eigenvalue weighted by Gasteiger charge is -2.09. The number of methoxy groups -OCH3 is 1. The number of ether oxygens (including phenoxy) is 1. The van der Waals surface area contributed by atoms with Gasteiger partial charge in [-0.25, -0.2) is 0 Å². The molecule has 2 aromatic carbocycles. The molecule has 0 saturated heterocycles. The Bertz CT molecular complexity index is 651. The van der Waals surface area contributed by atoms with Gasteiger partial charge in [-0.2, -0.15) is 0 Å². The number of rotatable bonds is 3. The van der Waals surface area contributed by atoms with Crippen molar-refractivity contribution in [1.29, 1.82) is 0 Å². The number of carbonyl (C=O) groups excluding carboxylic acids is 2. The maximum atomic E-state index is 12.0. The molecule has 5 nitrogen and oxygen atoms in total. The van der Waals surface area contributed by atoms with Crippen LogP contribution in [0.1, 0.15) is 26.3 Å². The maximum absolute atomic E-state index is 12.0. The third kappa shape index (κ3) is 3.60. The molecule has 108 valence electrons. The lowest BCUT2D eigenvalue weighted by molar-refractivity contribution is 0.0846. The first-order valence-electron chi connectivity index (χ1n) is 6.42. The first kappa shape index (κ1) is 14.6. The van der Waals surface area contributed by atoms with Crippen LogP contribution in [0.5, 0.6) is 5.75 Å². The molecule has 2 N–H and O–H groups in total. The molecule has 2 rings (SSSR count). The largest absolute Gasteiger partial charge is 0.497 e. The molecule has 0 aliphatic heterocycles. The van der Waals surface area contributed by atoms with Crippen molar-refractivity contribution in [2.75, 3.05) is 7.11 Å². The normalized spacial score (nSPS) is 9.81. The minimum absolute atomic E-state index is 0.352. The van der Waals surface area contributed by atoms with Gasteiger partial charge in [-0.15, -0.1) is 0 Å². The summed E-state index contributed by atoms with van der Waals surface area (Å²) < 4.78 is 5.02. The van der Waals surface area contributed by atoms with E-state index in [0.717, 1.165) is 5.56 Å². The van der Waals surface area contributed by atoms with E-state index >= 15 is 0 Å². The van der Waals surface area contributed by atoms with Crippen molar-refractivity contribution in [2.45, 2.75) is 6.92 Å². The Kier molecular flexibility index (Phi) is 4.56. The van der Waals surface area contributed by atoms with Crippen LogP contribution >= 0.6 is 0 Å². The van der Waals surface area contributed by atoms with Crippen molar-refractivity contribution in [1.82, 2.24) is 10.9 Å². The highest BCUT2D eigenvalue weighted by Gasteiger charge is 2.10. The maximum Gasteiger partial charge on any atom is 0.269 e. The number of carbonyl (C=O) groups is 2. The van der Waals surface area contributed by atoms with Crippen molar-refractivity contribution in [3.05, 3.63) is 65.2 Å². The Hall–Kier alpha value is -2.82. The van der Waals surface area contributed by atoms with Crippen molar-refractivity contribution in [2.24, 2.45) is 0 Å². The van der Waals surface area contributed by atoms with Crippen LogP contribution in [0.25, 0.3) is 0 Å². The highest BCUT2D eigenvalue weighted by atomic mass is 16.5. The SMILES string of the molecule is COc1ccc(C(=O)NNC(=O)c2ccccc2C)cc1. The summed E-state index contributed by atoms with van der Waals surface area (Å²) in [6.07, 6.45) is 0. The van der Waals surface area contributed by atoms with Crippen LogP contribution in [-0.4, -0.2) is 18.9 Å². The summed E-state index contributed by atoms with van der Waals surface area (Å²) in [6.45, 7) is 1.83. The van der Waals surface area contributed by atoms with Gasteiger partial charge in [-0.05, 0) is 42.8 Å². The fourth-order valence-corrected chi connectivity index (χ4v) is 1.82. The van der Waals surface area contributed by atoms with E-state index in [1.165, 1.54) is 0 Å². The van der Waals surface area contributed by atoms with Crippen molar-refractivity contribution in [3.63, 3.8) is 0 Å². The smallest absolute Gasteiger partial charge is 0.269 e. The van der Waals surface area contributed by atoms with Crippen molar-refractivity contribution >= 4 is 11.8 Å². The van der Waals surface area contributed by atoms with Crippen LogP contribution in [0.2, 0.25) is 0 Å². The van der Waals surface area contributed by atoms with Gasteiger partial charge in [0.25, 0.3) is 11.8 Å². The van der Waals surface area contributed by atoms with Crippen LogP contribution < -0.4 is 15.6 Å². The second kappa shape index (κ2) is 6.56. The predicted molar refractivity (Wildman–Crippen MR) is 79.1 cm³/mol. The molecule has 21 heavy (non-hydrogen) atoms. The Morgan fingerprint density at radius 1 is 0.905 bits per heavy atom. The summed E-state index contributed by atoms with van der Waals surface area (Å²) >= 11 is 0. The van der Waals surface area contributed by atoms with Crippen LogP contribution in [0.15, 0.2) is 48.5 Å². The number of benzene rings is 2. The third-order valence-corrected chi connectivity index (χ3v) is 3.03. The van der Waals surface area contributed by atoms with E-state index in [1.54, 1.807) is 43.5 Å². The van der Waals surface area contributed by atoms with E-state index in [4.69, 9.17) is 4.74 Å². The summed E-state index contributed by atoms with van der Waals surface area (Å²) in [5.74, 6) is -0.0787. The molecule has 0 aliphatic carbocycles. The molecule has 0 heterocycles. The summed E-state index contributed by atoms with van der Waals surface area (Å²) in [5, 5.41) is 0. The molecule has 0 atom stereocenters. The second-order valence-electron chi connectivity index (χ2n) is 4.45. The van der Waals surface area contributed by atoms with Crippen LogP contribution in [-0.2, 0) is 0 Å². The van der Waals surface area contributed by atoms with Gasteiger partial charge in [-0.1, -0.05) is 18.2 Å². The number of amides is 2. The molecule has 2 aromatic rings. The molecular weight excluding hydrogens is 268 g/mol. The first-order chi connectivity index (χ1) is 10.1. The predicted octanol–water partition coefficient (Wildman–Crippen LogP) is 2.08. The van der Waals surface area contributed by atoms with Gasteiger partial charge < -0.3 is 4.74 Å². The molecule has 0 aliphatic rings. The van der Waals surface area contributed by atoms with Crippen LogP contribution in [0, 0.1) is 6.92 Å². The minimum Gasteiger partial charge on any atom is -0.497 e. The molecule has 2 amide bonds. The van der Waals surface area contributed by atoms with Gasteiger partial charge >= 0.3 is 0 Å². The lowest BCUT2D eigenvalue weighted by atomic mass is 10.1. The van der Waals surface area contributed by atoms with Crippen molar-refractivity contribution < 1.29 is 14.3 Å². The van der Waals surface area contributed by atoms with Gasteiger partial charge in [0, 0.05) is 11.1 Å². The van der Waals surface area contributed by atoms with E-state index in [-0.39, 0.29) is 11.8 Å². The van der Waals surface area contributed by atoms with Gasteiger partial charge in [0.05, 0.1) is 7.11 Å². The zero-order valence-electron chi connectivity index (χ0n) is 11.8. The average molecular weight is 284 g/mol. The molecule has 5 heteroatoms. The van der Waals surface area contributed by atoms with E-state index in [0.29, 0.717) is 16.9 Å². The second-order valence-corrected chi connectivity index (χ2v) is 4.45. The minimum atomic E-state index is -0.389. The molecule has 0 spiro atoms. The molecule has 0 aromatic heterocycles. The fourth-order valence-electron chi connectivity index (χ4n) is 1.82. The highest BCUT2D eigenvalue weighted by molar-refractivity contribution is 5.99. The zero-order valence-corrected chi connectivity index (χ0v) is 11.8. The Balaban J connectivity index is 1.97. The van der Waals surface area contributed by atoms with Crippen LogP contribution in [0.4, 0.5) is 0 Å². The highest BCUT2D eigenvalue weighted by Crippen LogP contribution is 2.11. The molecule has 0 bridgehead atoms. The number of hydrogen-bond donors (Lipinski definition) is 2. The Labute approximate surface area is 122 Å². The summed E-state index contributed by atoms with van der Waals surface area (Å²) in [6, 6.07) is 13.7. The van der Waals surface area contributed by atoms with Gasteiger partial charge in [0.15, 0.2) is 0 Å². The zero-order chi connectivity index (χ0) is 15.2. The quantitative estimate of drug-likeness (QED) is 0.848. The molecule has 0 unspecified atom stereocenters. The fraction of sp³-hybridized carbons (Fsp3) is 0.125. The van der Waals surface area contributed by atoms with Gasteiger partial charge in [-0.3, -0.25) is 20.4 Å². The number of nitrogens with one attached hydrogen (secondary N) is 2. The van der Waals surface area contributed by atoms with Gasteiger partial charge in [0.2, 0.25) is 0 Å². The summed E-state index contributed by atoms with van der Waals surface area (Å²) in [7, 11) is 1.55. The Morgan fingerprint density at radius 2 is 1.52 bits per heavy atom. The number of hydrogen-bond acceptors (Lipinski definition) is 3. The van der Waals surface area contributed by atoms with Crippen LogP contribution in [0.3, 0.4) is 0 Å². The molecular formula is C16H16N2O3. The van der Waals surface area contributed by atoms with E-state index in [9.17, 15) is 9.59 Å². The molecule has 0 saturated carbocycles. The monoisotopic (exact) mass is 284 g/mol. The summed E-state index contributed by atoms with van der Waals surface area (Å²) in [4.78, 5) is 23.9. The first-order valence-corrected chi connectivity index (χ1v) is 6.42. The van der Waals surface area contributed by atoms with Gasteiger partial charge in [0.1, 0.15) is 5.75 Å². The summed E-state index contributed by atoms with van der Waals surface area (Å²) in [5.41, 5.74) is 6.57. The number of aryl methyl sites for hydroxylation is 1. The van der Waals surface area contributed by atoms with E-state index in [2.05, 4.69) is 10.9 Å².